The summed E-state index contributed by atoms with van der Waals surface area (Å²) in [6.07, 6.45) is 3.06. The maximum Gasteiger partial charge on any atom is 0.124 e. The lowest BCUT2D eigenvalue weighted by Gasteiger charge is -2.10. The highest BCUT2D eigenvalue weighted by Gasteiger charge is 2.08. The Morgan fingerprint density at radius 2 is 1.58 bits per heavy atom. The van der Waals surface area contributed by atoms with Gasteiger partial charge in [0, 0.05) is 24.1 Å². The minimum absolute atomic E-state index is 0.511. The first-order valence-corrected chi connectivity index (χ1v) is 12.5. The van der Waals surface area contributed by atoms with Crippen LogP contribution in [0.2, 0.25) is 0 Å². The lowest BCUT2D eigenvalue weighted by molar-refractivity contribution is 1.06. The van der Waals surface area contributed by atoms with Crippen molar-refractivity contribution >= 4 is 45.9 Å². The Hall–Kier alpha value is -2.44. The van der Waals surface area contributed by atoms with Gasteiger partial charge in [0.05, 0.1) is 5.69 Å². The van der Waals surface area contributed by atoms with Gasteiger partial charge in [-0.05, 0) is 45.8 Å². The van der Waals surface area contributed by atoms with Crippen LogP contribution in [0.25, 0.3) is 17.3 Å². The third-order valence-corrected chi connectivity index (χ3v) is 4.42. The molecule has 182 valence electrons. The Balaban J connectivity index is 0. The number of aromatic amines is 1. The zero-order valence-electron chi connectivity index (χ0n) is 21.4. The van der Waals surface area contributed by atoms with E-state index >= 15 is 0 Å². The molecule has 3 N–H and O–H groups in total. The number of hydrogen-bond acceptors (Lipinski definition) is 4. The molecule has 0 saturated heterocycles. The fourth-order valence-corrected chi connectivity index (χ4v) is 2.85. The smallest absolute Gasteiger partial charge is 0.124 e. The van der Waals surface area contributed by atoms with E-state index in [9.17, 15) is 0 Å². The number of aromatic nitrogens is 2. The molecule has 0 fully saturated rings. The lowest BCUT2D eigenvalue weighted by atomic mass is 10.0. The molecule has 0 aliphatic heterocycles. The van der Waals surface area contributed by atoms with Crippen molar-refractivity contribution < 1.29 is 0 Å². The Morgan fingerprint density at radius 3 is 2.06 bits per heavy atom. The number of nitrogens with one attached hydrogen (secondary N) is 1. The average molecular weight is 534 g/mol. The Morgan fingerprint density at radius 1 is 1.00 bits per heavy atom. The summed E-state index contributed by atoms with van der Waals surface area (Å²) in [5.41, 5.74) is 8.61. The summed E-state index contributed by atoms with van der Waals surface area (Å²) in [4.78, 5) is 9.36. The predicted octanol–water partition coefficient (Wildman–Crippen LogP) is 9.02. The Kier molecular flexibility index (Phi) is 20.0. The molecule has 0 bridgehead atoms. The number of pyridine rings is 2. The molecule has 0 unspecified atom stereocenters. The van der Waals surface area contributed by atoms with Crippen LogP contribution in [-0.2, 0) is 0 Å². The fraction of sp³-hybridized carbons (Fsp3) is 0.333. The molecule has 2 heterocycles. The van der Waals surface area contributed by atoms with Crippen LogP contribution in [0.4, 0.5) is 11.6 Å². The molecular formula is C27H41BrN4S. The molecule has 0 saturated carbocycles. The first kappa shape index (κ1) is 32.7. The fourth-order valence-electron chi connectivity index (χ4n) is 2.23. The molecule has 2 aromatic heterocycles. The number of nitrogens with two attached hydrogens (primary N) is 1. The highest BCUT2D eigenvalue weighted by Crippen LogP contribution is 2.30. The Labute approximate surface area is 215 Å². The molecular weight excluding hydrogens is 492 g/mol. The first-order valence-electron chi connectivity index (χ1n) is 11.3. The van der Waals surface area contributed by atoms with E-state index in [0.29, 0.717) is 5.82 Å². The number of hydrogen-bond donors (Lipinski definition) is 2. The van der Waals surface area contributed by atoms with Gasteiger partial charge in [0.15, 0.2) is 0 Å². The zero-order chi connectivity index (χ0) is 25.8. The minimum Gasteiger partial charge on any atom is -0.384 e. The molecule has 3 rings (SSSR count). The van der Waals surface area contributed by atoms with Gasteiger partial charge in [0.2, 0.25) is 0 Å². The SMILES string of the molecule is C=Cc1ccccc1-c1nc(N)ccc1Br.CC.CC.CCC.CN(C)c1cccc(=S)[nH]1. The van der Waals surface area contributed by atoms with E-state index in [1.54, 1.807) is 6.07 Å². The van der Waals surface area contributed by atoms with Gasteiger partial charge in [-0.3, -0.25) is 0 Å². The largest absolute Gasteiger partial charge is 0.384 e. The van der Waals surface area contributed by atoms with E-state index < -0.39 is 0 Å². The highest BCUT2D eigenvalue weighted by molar-refractivity contribution is 9.10. The number of nitrogen functional groups attached to an aromatic ring is 1. The van der Waals surface area contributed by atoms with E-state index in [1.165, 1.54) is 6.42 Å². The second-order valence-corrected chi connectivity index (χ2v) is 7.65. The van der Waals surface area contributed by atoms with Crippen molar-refractivity contribution in [3.8, 4) is 11.3 Å². The molecule has 33 heavy (non-hydrogen) atoms. The van der Waals surface area contributed by atoms with Crippen LogP contribution in [0.5, 0.6) is 0 Å². The summed E-state index contributed by atoms with van der Waals surface area (Å²) in [5.74, 6) is 1.55. The van der Waals surface area contributed by atoms with Gasteiger partial charge in [0.1, 0.15) is 16.3 Å². The van der Waals surface area contributed by atoms with E-state index in [-0.39, 0.29) is 0 Å². The van der Waals surface area contributed by atoms with E-state index in [0.717, 1.165) is 31.8 Å². The van der Waals surface area contributed by atoms with Crippen molar-refractivity contribution in [1.29, 1.82) is 0 Å². The summed E-state index contributed by atoms with van der Waals surface area (Å²) in [5, 5.41) is 0. The van der Waals surface area contributed by atoms with Crippen molar-refractivity contribution in [3.05, 3.63) is 75.9 Å². The van der Waals surface area contributed by atoms with E-state index in [1.807, 2.05) is 101 Å². The monoisotopic (exact) mass is 532 g/mol. The molecule has 3 aromatic rings. The summed E-state index contributed by atoms with van der Waals surface area (Å²) in [7, 11) is 3.95. The number of nitrogens with zero attached hydrogens (tertiary/aromatic N) is 2. The van der Waals surface area contributed by atoms with Crippen molar-refractivity contribution in [1.82, 2.24) is 9.97 Å². The van der Waals surface area contributed by atoms with Gasteiger partial charge in [-0.1, -0.05) is 103 Å². The van der Waals surface area contributed by atoms with E-state index in [4.69, 9.17) is 18.0 Å². The third kappa shape index (κ3) is 13.0. The number of anilines is 2. The molecule has 0 aliphatic carbocycles. The molecule has 0 aliphatic rings. The molecule has 0 spiro atoms. The van der Waals surface area contributed by atoms with Crippen LogP contribution in [0, 0.1) is 4.64 Å². The predicted molar refractivity (Wildman–Crippen MR) is 156 cm³/mol. The van der Waals surface area contributed by atoms with Gasteiger partial charge >= 0.3 is 0 Å². The van der Waals surface area contributed by atoms with Gasteiger partial charge < -0.3 is 15.6 Å². The second-order valence-electron chi connectivity index (χ2n) is 6.36. The van der Waals surface area contributed by atoms with Crippen molar-refractivity contribution in [2.24, 2.45) is 0 Å². The van der Waals surface area contributed by atoms with Crippen LogP contribution in [0.3, 0.4) is 0 Å². The summed E-state index contributed by atoms with van der Waals surface area (Å²) >= 11 is 8.41. The normalized spacial score (nSPS) is 8.64. The number of halogens is 1. The van der Waals surface area contributed by atoms with E-state index in [2.05, 4.69) is 46.3 Å². The quantitative estimate of drug-likeness (QED) is 0.330. The van der Waals surface area contributed by atoms with Gasteiger partial charge in [-0.25, -0.2) is 4.98 Å². The molecule has 6 heteroatoms. The molecule has 4 nitrogen and oxygen atoms in total. The van der Waals surface area contributed by atoms with Gasteiger partial charge in [-0.2, -0.15) is 0 Å². The zero-order valence-corrected chi connectivity index (χ0v) is 23.8. The van der Waals surface area contributed by atoms with Crippen molar-refractivity contribution in [2.75, 3.05) is 24.7 Å². The highest BCUT2D eigenvalue weighted by atomic mass is 79.9. The number of H-pyrrole nitrogens is 1. The minimum atomic E-state index is 0.511. The van der Waals surface area contributed by atoms with Gasteiger partial charge in [-0.15, -0.1) is 0 Å². The maximum absolute atomic E-state index is 5.70. The van der Waals surface area contributed by atoms with Crippen LogP contribution in [0.1, 0.15) is 53.5 Å². The number of benzene rings is 1. The van der Waals surface area contributed by atoms with Crippen LogP contribution in [0.15, 0.2) is 65.6 Å². The maximum atomic E-state index is 5.70. The summed E-state index contributed by atoms with van der Waals surface area (Å²) in [6.45, 7) is 16.0. The van der Waals surface area contributed by atoms with Gasteiger partial charge in [0.25, 0.3) is 0 Å². The molecule has 0 radical (unpaired) electrons. The Bertz CT molecular complexity index is 968. The van der Waals surface area contributed by atoms with Crippen LogP contribution >= 0.6 is 28.1 Å². The van der Waals surface area contributed by atoms with Crippen LogP contribution < -0.4 is 10.6 Å². The third-order valence-electron chi connectivity index (χ3n) is 3.54. The average Bonchev–Trinajstić information content (AvgIpc) is 2.84. The van der Waals surface area contributed by atoms with Crippen LogP contribution in [-0.4, -0.2) is 24.1 Å². The molecule has 0 atom stereocenters. The van der Waals surface area contributed by atoms with Crippen molar-refractivity contribution in [3.63, 3.8) is 0 Å². The standard InChI is InChI=1S/C13H11BrN2.C7H10N2S.C3H8.2C2H6/c1-2-9-5-3-4-6-10(9)13-11(14)7-8-12(15)16-13;1-9(2)6-4-3-5-7(10)8-6;1-3-2;2*1-2/h2-8H,1H2,(H2,15,16);3-5H,1-2H3,(H,8,10);3H2,1-2H3;2*1-2H3. The first-order chi connectivity index (χ1) is 15.8. The molecule has 1 aromatic carbocycles. The second kappa shape index (κ2) is 20.2. The summed E-state index contributed by atoms with van der Waals surface area (Å²) in [6, 6.07) is 17.4. The topological polar surface area (TPSA) is 57.9 Å². The number of rotatable bonds is 3. The van der Waals surface area contributed by atoms with Crippen molar-refractivity contribution in [2.45, 2.75) is 48.0 Å². The molecule has 0 amide bonds. The summed E-state index contributed by atoms with van der Waals surface area (Å²) < 4.78 is 1.70. The lowest BCUT2D eigenvalue weighted by Crippen LogP contribution is -2.09.